The number of hydrogen-bond donors (Lipinski definition) is 0. The van der Waals surface area contributed by atoms with Crippen molar-refractivity contribution < 1.29 is 9.53 Å². The van der Waals surface area contributed by atoms with Gasteiger partial charge in [0.1, 0.15) is 0 Å². The molecule has 0 saturated heterocycles. The lowest BCUT2D eigenvalue weighted by molar-refractivity contribution is 0.0601. The van der Waals surface area contributed by atoms with Crippen LogP contribution in [0.4, 0.5) is 0 Å². The third-order valence-electron chi connectivity index (χ3n) is 2.86. The van der Waals surface area contributed by atoms with E-state index in [-0.39, 0.29) is 5.97 Å². The number of imidazole rings is 1. The first-order chi connectivity index (χ1) is 9.06. The summed E-state index contributed by atoms with van der Waals surface area (Å²) in [5.74, 6) is 0.217. The van der Waals surface area contributed by atoms with E-state index in [9.17, 15) is 4.79 Å². The van der Waals surface area contributed by atoms with Gasteiger partial charge in [0, 0.05) is 6.54 Å². The lowest BCUT2D eigenvalue weighted by Crippen LogP contribution is -2.05. The van der Waals surface area contributed by atoms with Crippen molar-refractivity contribution in [3.63, 3.8) is 0 Å². The van der Waals surface area contributed by atoms with Crippen molar-refractivity contribution in [2.75, 3.05) is 13.4 Å². The van der Waals surface area contributed by atoms with E-state index >= 15 is 0 Å². The molecule has 0 radical (unpaired) electrons. The maximum atomic E-state index is 11.5. The maximum Gasteiger partial charge on any atom is 0.337 e. The van der Waals surface area contributed by atoms with Crippen LogP contribution in [0, 0.1) is 5.92 Å². The van der Waals surface area contributed by atoms with Crippen LogP contribution in [0.3, 0.4) is 0 Å². The van der Waals surface area contributed by atoms with E-state index in [1.807, 2.05) is 12.3 Å². The third-order valence-corrected chi connectivity index (χ3v) is 3.54. The smallest absolute Gasteiger partial charge is 0.337 e. The number of thioether (sulfide) groups is 1. The summed E-state index contributed by atoms with van der Waals surface area (Å²) in [5, 5.41) is 0.978. The fourth-order valence-electron chi connectivity index (χ4n) is 2.05. The molecule has 19 heavy (non-hydrogen) atoms. The molecule has 1 heterocycles. The predicted octanol–water partition coefficient (Wildman–Crippen LogP) is 3.20. The van der Waals surface area contributed by atoms with Crippen LogP contribution in [0.1, 0.15) is 24.2 Å². The van der Waals surface area contributed by atoms with Gasteiger partial charge in [0.05, 0.1) is 23.7 Å². The number of carbonyl (C=O) groups is 1. The molecule has 1 aromatic heterocycles. The standard InChI is InChI=1S/C14H18N2O2S/c1-9(2)8-16-12-6-5-10(13(17)18-3)7-11(12)15-14(16)19-4/h5-7,9H,8H2,1-4H3. The number of hydrogen-bond acceptors (Lipinski definition) is 4. The van der Waals surface area contributed by atoms with Crippen LogP contribution in [-0.2, 0) is 11.3 Å². The summed E-state index contributed by atoms with van der Waals surface area (Å²) in [6.07, 6.45) is 2.01. The summed E-state index contributed by atoms with van der Waals surface area (Å²) < 4.78 is 6.93. The number of nitrogens with zero attached hydrogens (tertiary/aromatic N) is 2. The monoisotopic (exact) mass is 278 g/mol. The molecular weight excluding hydrogens is 260 g/mol. The number of fused-ring (bicyclic) bond motifs is 1. The van der Waals surface area contributed by atoms with Crippen molar-refractivity contribution in [2.24, 2.45) is 5.92 Å². The fraction of sp³-hybridized carbons (Fsp3) is 0.429. The van der Waals surface area contributed by atoms with Gasteiger partial charge in [0.25, 0.3) is 0 Å². The Morgan fingerprint density at radius 1 is 1.47 bits per heavy atom. The van der Waals surface area contributed by atoms with Gasteiger partial charge in [-0.05, 0) is 30.4 Å². The molecule has 0 spiro atoms. The molecule has 0 atom stereocenters. The van der Waals surface area contributed by atoms with Crippen molar-refractivity contribution in [2.45, 2.75) is 25.5 Å². The molecule has 0 unspecified atom stereocenters. The van der Waals surface area contributed by atoms with Gasteiger partial charge in [-0.15, -0.1) is 0 Å². The molecule has 0 aliphatic carbocycles. The molecule has 0 bridgehead atoms. The largest absolute Gasteiger partial charge is 0.465 e. The zero-order valence-electron chi connectivity index (χ0n) is 11.6. The van der Waals surface area contributed by atoms with Crippen molar-refractivity contribution in [1.29, 1.82) is 0 Å². The highest BCUT2D eigenvalue weighted by Gasteiger charge is 2.13. The summed E-state index contributed by atoms with van der Waals surface area (Å²) in [6.45, 7) is 5.28. The Hall–Kier alpha value is -1.49. The molecule has 2 aromatic rings. The molecule has 0 saturated carbocycles. The Balaban J connectivity index is 2.53. The van der Waals surface area contributed by atoms with E-state index in [1.54, 1.807) is 23.9 Å². The Morgan fingerprint density at radius 2 is 2.21 bits per heavy atom. The van der Waals surface area contributed by atoms with E-state index < -0.39 is 0 Å². The van der Waals surface area contributed by atoms with Crippen molar-refractivity contribution in [3.8, 4) is 0 Å². The molecule has 0 aliphatic rings. The topological polar surface area (TPSA) is 44.1 Å². The van der Waals surface area contributed by atoms with Crippen LogP contribution >= 0.6 is 11.8 Å². The third kappa shape index (κ3) is 2.76. The van der Waals surface area contributed by atoms with Gasteiger partial charge >= 0.3 is 5.97 Å². The van der Waals surface area contributed by atoms with Gasteiger partial charge in [-0.3, -0.25) is 0 Å². The normalized spacial score (nSPS) is 11.2. The van der Waals surface area contributed by atoms with E-state index in [0.29, 0.717) is 11.5 Å². The average Bonchev–Trinajstić information content (AvgIpc) is 2.74. The second kappa shape index (κ2) is 5.65. The Bertz CT molecular complexity index is 605. The van der Waals surface area contributed by atoms with E-state index in [2.05, 4.69) is 23.4 Å². The Labute approximate surface area is 117 Å². The van der Waals surface area contributed by atoms with Crippen molar-refractivity contribution >= 4 is 28.8 Å². The van der Waals surface area contributed by atoms with Crippen LogP contribution in [0.5, 0.6) is 0 Å². The van der Waals surface area contributed by atoms with Crippen LogP contribution in [-0.4, -0.2) is 28.9 Å². The molecule has 0 fully saturated rings. The number of rotatable bonds is 4. The van der Waals surface area contributed by atoms with Gasteiger partial charge < -0.3 is 9.30 Å². The molecule has 102 valence electrons. The summed E-state index contributed by atoms with van der Waals surface area (Å²) in [5.41, 5.74) is 2.44. The van der Waals surface area contributed by atoms with Crippen molar-refractivity contribution in [3.05, 3.63) is 23.8 Å². The number of aromatic nitrogens is 2. The van der Waals surface area contributed by atoms with E-state index in [0.717, 1.165) is 22.7 Å². The number of ether oxygens (including phenoxy) is 1. The van der Waals surface area contributed by atoms with Gasteiger partial charge in [0.2, 0.25) is 0 Å². The fourth-order valence-corrected chi connectivity index (χ4v) is 2.63. The molecular formula is C14H18N2O2S. The first kappa shape index (κ1) is 13.9. The SMILES string of the molecule is COC(=O)c1ccc2c(c1)nc(SC)n2CC(C)C. The number of esters is 1. The van der Waals surface area contributed by atoms with Crippen LogP contribution in [0.2, 0.25) is 0 Å². The van der Waals surface area contributed by atoms with Crippen LogP contribution < -0.4 is 0 Å². The van der Waals surface area contributed by atoms with Crippen molar-refractivity contribution in [1.82, 2.24) is 9.55 Å². The Morgan fingerprint density at radius 3 is 2.79 bits per heavy atom. The van der Waals surface area contributed by atoms with Crippen LogP contribution in [0.15, 0.2) is 23.4 Å². The Kier molecular flexibility index (Phi) is 4.14. The van der Waals surface area contributed by atoms with Gasteiger partial charge in [-0.2, -0.15) is 0 Å². The lowest BCUT2D eigenvalue weighted by Gasteiger charge is -2.10. The van der Waals surface area contributed by atoms with E-state index in [4.69, 9.17) is 4.74 Å². The average molecular weight is 278 g/mol. The zero-order chi connectivity index (χ0) is 14.0. The predicted molar refractivity (Wildman–Crippen MR) is 77.7 cm³/mol. The minimum atomic E-state index is -0.328. The summed E-state index contributed by atoms with van der Waals surface area (Å²) >= 11 is 1.62. The molecule has 0 amide bonds. The van der Waals surface area contributed by atoms with E-state index in [1.165, 1.54) is 7.11 Å². The number of carbonyl (C=O) groups excluding carboxylic acids is 1. The first-order valence-electron chi connectivity index (χ1n) is 6.19. The molecule has 4 nitrogen and oxygen atoms in total. The molecule has 0 aliphatic heterocycles. The highest BCUT2D eigenvalue weighted by molar-refractivity contribution is 7.98. The molecule has 1 aromatic carbocycles. The van der Waals surface area contributed by atoms with Gasteiger partial charge in [0.15, 0.2) is 5.16 Å². The number of benzene rings is 1. The summed E-state index contributed by atoms with van der Waals surface area (Å²) in [6, 6.07) is 5.52. The van der Waals surface area contributed by atoms with Gasteiger partial charge in [-0.25, -0.2) is 9.78 Å². The lowest BCUT2D eigenvalue weighted by atomic mass is 10.2. The second-order valence-corrected chi connectivity index (χ2v) is 5.57. The summed E-state index contributed by atoms with van der Waals surface area (Å²) in [4.78, 5) is 16.1. The highest BCUT2D eigenvalue weighted by Crippen LogP contribution is 2.24. The minimum absolute atomic E-state index is 0.328. The first-order valence-corrected chi connectivity index (χ1v) is 7.42. The van der Waals surface area contributed by atoms with Crippen LogP contribution in [0.25, 0.3) is 11.0 Å². The molecule has 5 heteroatoms. The highest BCUT2D eigenvalue weighted by atomic mass is 32.2. The summed E-state index contributed by atoms with van der Waals surface area (Å²) in [7, 11) is 1.39. The number of methoxy groups -OCH3 is 1. The molecule has 2 rings (SSSR count). The van der Waals surface area contributed by atoms with Gasteiger partial charge in [-0.1, -0.05) is 25.6 Å². The maximum absolute atomic E-state index is 11.5. The zero-order valence-corrected chi connectivity index (χ0v) is 12.5. The minimum Gasteiger partial charge on any atom is -0.465 e. The second-order valence-electron chi connectivity index (χ2n) is 4.80. The molecule has 0 N–H and O–H groups in total. The quantitative estimate of drug-likeness (QED) is 0.636.